The summed E-state index contributed by atoms with van der Waals surface area (Å²) < 4.78 is 1.50. The number of carbonyl (C=O) groups is 1. The van der Waals surface area contributed by atoms with Gasteiger partial charge in [0.1, 0.15) is 0 Å². The highest BCUT2D eigenvalue weighted by molar-refractivity contribution is 6.02. The fraction of sp³-hybridized carbons (Fsp3) is 0.174. The molecule has 1 aliphatic carbocycles. The molecule has 5 heteroatoms. The summed E-state index contributed by atoms with van der Waals surface area (Å²) >= 11 is 0. The van der Waals surface area contributed by atoms with Gasteiger partial charge >= 0.3 is 0 Å². The van der Waals surface area contributed by atoms with Crippen molar-refractivity contribution in [2.45, 2.75) is 25.7 Å². The van der Waals surface area contributed by atoms with E-state index in [0.29, 0.717) is 29.4 Å². The molecule has 1 N–H and O–H groups in total. The third-order valence-electron chi connectivity index (χ3n) is 5.65. The van der Waals surface area contributed by atoms with Gasteiger partial charge in [0, 0.05) is 18.2 Å². The summed E-state index contributed by atoms with van der Waals surface area (Å²) in [4.78, 5) is 30.4. The molecule has 0 bridgehead atoms. The van der Waals surface area contributed by atoms with Crippen LogP contribution in [-0.2, 0) is 6.42 Å². The average molecular weight is 369 g/mol. The van der Waals surface area contributed by atoms with Gasteiger partial charge in [-0.05, 0) is 48.1 Å². The van der Waals surface area contributed by atoms with Crippen molar-refractivity contribution in [1.82, 2.24) is 14.8 Å². The Hall–Kier alpha value is -3.47. The van der Waals surface area contributed by atoms with Gasteiger partial charge < -0.3 is 0 Å². The van der Waals surface area contributed by atoms with Crippen molar-refractivity contribution >= 4 is 16.8 Å². The second kappa shape index (κ2) is 6.30. The Morgan fingerprint density at radius 3 is 2.54 bits per heavy atom. The molecule has 2 aromatic heterocycles. The number of nitrogens with zero attached hydrogens (tertiary/aromatic N) is 2. The van der Waals surface area contributed by atoms with E-state index < -0.39 is 0 Å². The predicted octanol–water partition coefficient (Wildman–Crippen LogP) is 3.93. The quantitative estimate of drug-likeness (QED) is 0.582. The second-order valence-corrected chi connectivity index (χ2v) is 7.35. The van der Waals surface area contributed by atoms with E-state index in [4.69, 9.17) is 0 Å². The molecule has 0 saturated carbocycles. The molecule has 0 saturated heterocycles. The van der Waals surface area contributed by atoms with E-state index in [2.05, 4.69) is 29.1 Å². The summed E-state index contributed by atoms with van der Waals surface area (Å²) in [6, 6.07) is 17.6. The van der Waals surface area contributed by atoms with Crippen molar-refractivity contribution in [2.24, 2.45) is 0 Å². The van der Waals surface area contributed by atoms with E-state index >= 15 is 0 Å². The second-order valence-electron chi connectivity index (χ2n) is 7.35. The van der Waals surface area contributed by atoms with Crippen molar-refractivity contribution in [2.75, 3.05) is 0 Å². The molecule has 0 aliphatic heterocycles. The number of nitrogens with one attached hydrogen (secondary N) is 1. The van der Waals surface area contributed by atoms with E-state index in [-0.39, 0.29) is 17.3 Å². The van der Waals surface area contributed by atoms with E-state index in [1.165, 1.54) is 15.8 Å². The van der Waals surface area contributed by atoms with Gasteiger partial charge in [0.2, 0.25) is 0 Å². The molecular weight excluding hydrogens is 350 g/mol. The van der Waals surface area contributed by atoms with Gasteiger partial charge in [0.05, 0.1) is 11.1 Å². The average Bonchev–Trinajstić information content (AvgIpc) is 3.06. The molecule has 1 atom stereocenters. The Labute approximate surface area is 161 Å². The van der Waals surface area contributed by atoms with Crippen LogP contribution in [0, 0.1) is 6.92 Å². The summed E-state index contributed by atoms with van der Waals surface area (Å²) in [5.41, 5.74) is 4.83. The molecule has 5 rings (SSSR count). The maximum atomic E-state index is 13.2. The zero-order valence-corrected chi connectivity index (χ0v) is 15.5. The number of aromatic nitrogens is 3. The van der Waals surface area contributed by atoms with Gasteiger partial charge in [0.25, 0.3) is 5.56 Å². The smallest absolute Gasteiger partial charge is 0.281 e. The standard InChI is InChI=1S/C23H19N3O2/c1-14-7-5-6-10-17(14)15-11-18-19(20(27)12-15)13-24-22-21(18)23(28)26(25-22)16-8-3-2-4-9-16/h2-10,13,15H,11-12H2,1H3,(H,24,25). The van der Waals surface area contributed by atoms with E-state index in [1.54, 1.807) is 6.20 Å². The van der Waals surface area contributed by atoms with Crippen LogP contribution >= 0.6 is 0 Å². The van der Waals surface area contributed by atoms with Gasteiger partial charge in [-0.25, -0.2) is 9.67 Å². The fourth-order valence-corrected chi connectivity index (χ4v) is 4.26. The zero-order valence-electron chi connectivity index (χ0n) is 15.5. The van der Waals surface area contributed by atoms with Gasteiger partial charge in [-0.3, -0.25) is 14.7 Å². The number of pyridine rings is 1. The lowest BCUT2D eigenvalue weighted by molar-refractivity contribution is 0.0964. The van der Waals surface area contributed by atoms with Gasteiger partial charge in [-0.15, -0.1) is 0 Å². The molecule has 0 amide bonds. The predicted molar refractivity (Wildman–Crippen MR) is 108 cm³/mol. The van der Waals surface area contributed by atoms with E-state index in [1.807, 2.05) is 42.5 Å². The first-order valence-electron chi connectivity index (χ1n) is 9.40. The Morgan fingerprint density at radius 1 is 1.00 bits per heavy atom. The molecule has 2 aromatic carbocycles. The number of rotatable bonds is 2. The first kappa shape index (κ1) is 16.7. The number of H-pyrrole nitrogens is 1. The summed E-state index contributed by atoms with van der Waals surface area (Å²) in [5.74, 6) is 0.127. The van der Waals surface area contributed by atoms with Gasteiger partial charge in [0.15, 0.2) is 11.4 Å². The molecule has 0 radical (unpaired) electrons. The van der Waals surface area contributed by atoms with E-state index in [9.17, 15) is 9.59 Å². The molecule has 138 valence electrons. The largest absolute Gasteiger partial charge is 0.294 e. The number of aryl methyl sites for hydroxylation is 1. The molecular formula is C23H19N3O2. The van der Waals surface area contributed by atoms with Crippen LogP contribution in [0.3, 0.4) is 0 Å². The normalized spacial score (nSPS) is 16.3. The lowest BCUT2D eigenvalue weighted by atomic mass is 9.78. The van der Waals surface area contributed by atoms with Crippen LogP contribution < -0.4 is 5.56 Å². The zero-order chi connectivity index (χ0) is 19.3. The maximum Gasteiger partial charge on any atom is 0.281 e. The van der Waals surface area contributed by atoms with Crippen molar-refractivity contribution in [3.8, 4) is 5.69 Å². The van der Waals surface area contributed by atoms with Crippen LogP contribution in [0.15, 0.2) is 65.6 Å². The topological polar surface area (TPSA) is 67.8 Å². The lowest BCUT2D eigenvalue weighted by Crippen LogP contribution is -2.22. The number of hydrogen-bond acceptors (Lipinski definition) is 3. The SMILES string of the molecule is Cc1ccccc1C1CC(=O)c2cnc3[nH]n(-c4ccccc4)c(=O)c3c2C1. The minimum absolute atomic E-state index is 0.0516. The van der Waals surface area contributed by atoms with E-state index in [0.717, 1.165) is 11.3 Å². The summed E-state index contributed by atoms with van der Waals surface area (Å²) in [5, 5.41) is 3.61. The van der Waals surface area contributed by atoms with Crippen molar-refractivity contribution in [3.05, 3.63) is 93.4 Å². The molecule has 1 unspecified atom stereocenters. The number of Topliss-reactive ketones (excluding diaryl/α,β-unsaturated/α-hetero) is 1. The molecule has 2 heterocycles. The first-order valence-corrected chi connectivity index (χ1v) is 9.40. The first-order chi connectivity index (χ1) is 13.6. The molecule has 0 spiro atoms. The minimum atomic E-state index is -0.163. The third kappa shape index (κ3) is 2.51. The van der Waals surface area contributed by atoms with Crippen molar-refractivity contribution < 1.29 is 4.79 Å². The highest BCUT2D eigenvalue weighted by Gasteiger charge is 2.30. The molecule has 1 aliphatic rings. The number of hydrogen-bond donors (Lipinski definition) is 1. The molecule has 4 aromatic rings. The number of aromatic amines is 1. The summed E-state index contributed by atoms with van der Waals surface area (Å²) in [6.45, 7) is 2.07. The van der Waals surface area contributed by atoms with Crippen LogP contribution in [0.4, 0.5) is 0 Å². The van der Waals surface area contributed by atoms with Crippen LogP contribution in [0.2, 0.25) is 0 Å². The summed E-state index contributed by atoms with van der Waals surface area (Å²) in [6.07, 6.45) is 2.72. The van der Waals surface area contributed by atoms with Crippen molar-refractivity contribution in [3.63, 3.8) is 0 Å². The number of fused-ring (bicyclic) bond motifs is 3. The van der Waals surface area contributed by atoms with Crippen LogP contribution in [-0.4, -0.2) is 20.5 Å². The molecule has 28 heavy (non-hydrogen) atoms. The fourth-order valence-electron chi connectivity index (χ4n) is 4.26. The highest BCUT2D eigenvalue weighted by Crippen LogP contribution is 2.35. The lowest BCUT2D eigenvalue weighted by Gasteiger charge is -2.25. The Bertz CT molecular complexity index is 1270. The Balaban J connectivity index is 1.70. The molecule has 0 fully saturated rings. The van der Waals surface area contributed by atoms with Crippen LogP contribution in [0.25, 0.3) is 16.7 Å². The number of benzene rings is 2. The number of ketones is 1. The number of carbonyl (C=O) groups excluding carboxylic acids is 1. The minimum Gasteiger partial charge on any atom is -0.294 e. The van der Waals surface area contributed by atoms with Gasteiger partial charge in [-0.2, -0.15) is 0 Å². The molecule has 5 nitrogen and oxygen atoms in total. The van der Waals surface area contributed by atoms with Crippen LogP contribution in [0.5, 0.6) is 0 Å². The van der Waals surface area contributed by atoms with Crippen molar-refractivity contribution in [1.29, 1.82) is 0 Å². The Morgan fingerprint density at radius 2 is 1.75 bits per heavy atom. The maximum absolute atomic E-state index is 13.2. The van der Waals surface area contributed by atoms with Crippen LogP contribution in [0.1, 0.15) is 39.4 Å². The van der Waals surface area contributed by atoms with Gasteiger partial charge in [-0.1, -0.05) is 42.5 Å². The highest BCUT2D eigenvalue weighted by atomic mass is 16.1. The third-order valence-corrected chi connectivity index (χ3v) is 5.65. The Kier molecular flexibility index (Phi) is 3.76. The monoisotopic (exact) mass is 369 g/mol. The number of para-hydroxylation sites is 1. The summed E-state index contributed by atoms with van der Waals surface area (Å²) in [7, 11) is 0.